The van der Waals surface area contributed by atoms with Gasteiger partial charge in [-0.15, -0.1) is 0 Å². The van der Waals surface area contributed by atoms with E-state index in [0.717, 1.165) is 12.8 Å². The van der Waals surface area contributed by atoms with Gasteiger partial charge in [-0.1, -0.05) is 30.3 Å². The van der Waals surface area contributed by atoms with Gasteiger partial charge >= 0.3 is 5.97 Å². The molecule has 4 rings (SSSR count). The van der Waals surface area contributed by atoms with Gasteiger partial charge in [0.15, 0.2) is 0 Å². The van der Waals surface area contributed by atoms with E-state index in [1.807, 2.05) is 18.2 Å². The highest BCUT2D eigenvalue weighted by molar-refractivity contribution is 5.91. The van der Waals surface area contributed by atoms with E-state index < -0.39 is 11.4 Å². The number of amides is 1. The highest BCUT2D eigenvalue weighted by Crippen LogP contribution is 2.51. The molecular weight excluding hydrogens is 320 g/mol. The summed E-state index contributed by atoms with van der Waals surface area (Å²) >= 11 is 0. The Morgan fingerprint density at radius 2 is 2.08 bits per heavy atom. The van der Waals surface area contributed by atoms with Crippen molar-refractivity contribution in [1.29, 1.82) is 0 Å². The number of aromatic nitrogens is 3. The van der Waals surface area contributed by atoms with Crippen LogP contribution >= 0.6 is 0 Å². The van der Waals surface area contributed by atoms with Gasteiger partial charge in [0.25, 0.3) is 5.91 Å². The van der Waals surface area contributed by atoms with Gasteiger partial charge in [-0.05, 0) is 36.7 Å². The number of carboxylic acids is 1. The lowest BCUT2D eigenvalue weighted by molar-refractivity contribution is -0.152. The van der Waals surface area contributed by atoms with Crippen LogP contribution in [0.2, 0.25) is 0 Å². The van der Waals surface area contributed by atoms with Crippen LogP contribution in [0.5, 0.6) is 0 Å². The zero-order valence-electron chi connectivity index (χ0n) is 13.8. The topological polar surface area (TPSA) is 99.2 Å². The third kappa shape index (κ3) is 2.59. The first kappa shape index (κ1) is 15.8. The molecule has 1 saturated heterocycles. The monoisotopic (exact) mass is 340 g/mol. The van der Waals surface area contributed by atoms with Gasteiger partial charge in [-0.2, -0.15) is 5.10 Å². The molecule has 0 spiro atoms. The summed E-state index contributed by atoms with van der Waals surface area (Å²) in [5, 5.41) is 16.2. The molecule has 7 nitrogen and oxygen atoms in total. The van der Waals surface area contributed by atoms with E-state index in [-0.39, 0.29) is 24.2 Å². The summed E-state index contributed by atoms with van der Waals surface area (Å²) in [4.78, 5) is 30.2. The van der Waals surface area contributed by atoms with E-state index in [4.69, 9.17) is 0 Å². The normalized spacial score (nSPS) is 28.6. The fraction of sp³-hybridized carbons (Fsp3) is 0.444. The van der Waals surface area contributed by atoms with Gasteiger partial charge < -0.3 is 10.0 Å². The Bertz CT molecular complexity index is 777. The Labute approximate surface area is 145 Å². The van der Waals surface area contributed by atoms with E-state index in [1.54, 1.807) is 4.90 Å². The molecule has 0 radical (unpaired) electrons. The fourth-order valence-electron chi connectivity index (χ4n) is 4.44. The maximum absolute atomic E-state index is 12.6. The number of aromatic amines is 1. The van der Waals surface area contributed by atoms with Crippen molar-refractivity contribution in [2.45, 2.75) is 25.2 Å². The largest absolute Gasteiger partial charge is 0.481 e. The van der Waals surface area contributed by atoms with Crippen molar-refractivity contribution in [1.82, 2.24) is 20.1 Å². The lowest BCUT2D eigenvalue weighted by Gasteiger charge is -2.38. The number of aliphatic carboxylic acids is 1. The van der Waals surface area contributed by atoms with Crippen molar-refractivity contribution in [3.63, 3.8) is 0 Å². The summed E-state index contributed by atoms with van der Waals surface area (Å²) in [6, 6.07) is 10.2. The summed E-state index contributed by atoms with van der Waals surface area (Å²) in [5.74, 6) is -0.603. The molecule has 130 valence electrons. The van der Waals surface area contributed by atoms with E-state index in [9.17, 15) is 14.7 Å². The summed E-state index contributed by atoms with van der Waals surface area (Å²) in [6.07, 6.45) is 3.50. The highest BCUT2D eigenvalue weighted by Gasteiger charge is 2.56. The molecule has 7 heteroatoms. The highest BCUT2D eigenvalue weighted by atomic mass is 16.4. The number of H-pyrrole nitrogens is 1. The molecule has 1 aliphatic carbocycles. The van der Waals surface area contributed by atoms with Crippen molar-refractivity contribution < 1.29 is 14.7 Å². The molecule has 2 N–H and O–H groups in total. The fourth-order valence-corrected chi connectivity index (χ4v) is 4.44. The van der Waals surface area contributed by atoms with Crippen LogP contribution in [-0.4, -0.2) is 50.2 Å². The number of nitrogens with zero attached hydrogens (tertiary/aromatic N) is 3. The second-order valence-corrected chi connectivity index (χ2v) is 7.06. The SMILES string of the molecule is O=C(c1ncn[nH]1)N1C[C@H]2C[C@H](c3ccccc3)CC[C@@]2(C(=O)O)C1. The quantitative estimate of drug-likeness (QED) is 0.889. The van der Waals surface area contributed by atoms with Crippen molar-refractivity contribution in [3.8, 4) is 0 Å². The van der Waals surface area contributed by atoms with Crippen molar-refractivity contribution in [2.24, 2.45) is 11.3 Å². The van der Waals surface area contributed by atoms with Gasteiger partial charge in [-0.25, -0.2) is 4.98 Å². The van der Waals surface area contributed by atoms with Gasteiger partial charge in [0.1, 0.15) is 6.33 Å². The number of carbonyl (C=O) groups excluding carboxylic acids is 1. The summed E-state index contributed by atoms with van der Waals surface area (Å²) in [7, 11) is 0. The van der Waals surface area contributed by atoms with Crippen LogP contribution < -0.4 is 0 Å². The zero-order chi connectivity index (χ0) is 17.4. The first-order valence-corrected chi connectivity index (χ1v) is 8.53. The van der Waals surface area contributed by atoms with Crippen LogP contribution in [0.1, 0.15) is 41.4 Å². The number of nitrogens with one attached hydrogen (secondary N) is 1. The van der Waals surface area contributed by atoms with E-state index in [0.29, 0.717) is 18.9 Å². The predicted molar refractivity (Wildman–Crippen MR) is 88.9 cm³/mol. The van der Waals surface area contributed by atoms with Gasteiger partial charge in [0.05, 0.1) is 5.41 Å². The molecule has 0 unspecified atom stereocenters. The Balaban J connectivity index is 1.58. The van der Waals surface area contributed by atoms with E-state index in [1.165, 1.54) is 11.9 Å². The van der Waals surface area contributed by atoms with Gasteiger partial charge in [0, 0.05) is 13.1 Å². The molecular formula is C18H20N4O3. The number of fused-ring (bicyclic) bond motifs is 1. The molecule has 1 aliphatic heterocycles. The molecule has 3 atom stereocenters. The number of hydrogen-bond donors (Lipinski definition) is 2. The number of likely N-dealkylation sites (tertiary alicyclic amines) is 1. The molecule has 25 heavy (non-hydrogen) atoms. The van der Waals surface area contributed by atoms with E-state index >= 15 is 0 Å². The average molecular weight is 340 g/mol. The number of carbonyl (C=O) groups is 2. The molecule has 1 amide bonds. The lowest BCUT2D eigenvalue weighted by atomic mass is 9.64. The van der Waals surface area contributed by atoms with E-state index in [2.05, 4.69) is 27.3 Å². The summed E-state index contributed by atoms with van der Waals surface area (Å²) in [6.45, 7) is 0.698. The Morgan fingerprint density at radius 3 is 2.76 bits per heavy atom. The number of rotatable bonds is 3. The molecule has 0 bridgehead atoms. The van der Waals surface area contributed by atoms with Gasteiger partial charge in [-0.3, -0.25) is 14.7 Å². The maximum atomic E-state index is 12.6. The first-order chi connectivity index (χ1) is 12.1. The van der Waals surface area contributed by atoms with Crippen LogP contribution in [-0.2, 0) is 4.79 Å². The third-order valence-corrected chi connectivity index (χ3v) is 5.80. The van der Waals surface area contributed by atoms with Crippen molar-refractivity contribution in [3.05, 3.63) is 48.0 Å². The van der Waals surface area contributed by atoms with Crippen LogP contribution in [0.4, 0.5) is 0 Å². The number of benzene rings is 1. The Hall–Kier alpha value is -2.70. The number of hydrogen-bond acceptors (Lipinski definition) is 4. The van der Waals surface area contributed by atoms with Gasteiger partial charge in [0.2, 0.25) is 5.82 Å². The number of carboxylic acid groups (broad SMARTS) is 1. The van der Waals surface area contributed by atoms with Crippen LogP contribution in [0.15, 0.2) is 36.7 Å². The molecule has 1 saturated carbocycles. The maximum Gasteiger partial charge on any atom is 0.311 e. The first-order valence-electron chi connectivity index (χ1n) is 8.53. The summed E-state index contributed by atoms with van der Waals surface area (Å²) in [5.41, 5.74) is 0.405. The van der Waals surface area contributed by atoms with Crippen molar-refractivity contribution >= 4 is 11.9 Å². The third-order valence-electron chi connectivity index (χ3n) is 5.80. The molecule has 1 aromatic heterocycles. The minimum absolute atomic E-state index is 0.0455. The molecule has 1 aromatic carbocycles. The second kappa shape index (κ2) is 5.98. The van der Waals surface area contributed by atoms with Crippen LogP contribution in [0, 0.1) is 11.3 Å². The Morgan fingerprint density at radius 1 is 1.28 bits per heavy atom. The minimum Gasteiger partial charge on any atom is -0.481 e. The standard InChI is InChI=1S/C18H20N4O3/c23-16(15-19-11-20-21-15)22-9-14-8-13(12-4-2-1-3-5-12)6-7-18(14,10-22)17(24)25/h1-5,11,13-14H,6-10H2,(H,24,25)(H,19,20,21)/t13-,14-,18-/m1/s1. The van der Waals surface area contributed by atoms with Crippen molar-refractivity contribution in [2.75, 3.05) is 13.1 Å². The molecule has 2 fully saturated rings. The lowest BCUT2D eigenvalue weighted by Crippen LogP contribution is -2.43. The Kier molecular flexibility index (Phi) is 3.78. The average Bonchev–Trinajstić information content (AvgIpc) is 3.29. The smallest absolute Gasteiger partial charge is 0.311 e. The molecule has 2 aliphatic rings. The minimum atomic E-state index is -0.846. The molecule has 2 aromatic rings. The molecule has 2 heterocycles. The summed E-state index contributed by atoms with van der Waals surface area (Å²) < 4.78 is 0. The zero-order valence-corrected chi connectivity index (χ0v) is 13.8. The van der Waals surface area contributed by atoms with Crippen LogP contribution in [0.3, 0.4) is 0 Å². The second-order valence-electron chi connectivity index (χ2n) is 7.06. The predicted octanol–water partition coefficient (Wildman–Crippen LogP) is 1.92. The van der Waals surface area contributed by atoms with Crippen LogP contribution in [0.25, 0.3) is 0 Å².